The van der Waals surface area contributed by atoms with Gasteiger partial charge < -0.3 is 14.6 Å². The van der Waals surface area contributed by atoms with E-state index in [4.69, 9.17) is 14.6 Å². The number of hydrogen-bond donors (Lipinski definition) is 1. The van der Waals surface area contributed by atoms with Gasteiger partial charge in [-0.1, -0.05) is 83.1 Å². The lowest BCUT2D eigenvalue weighted by molar-refractivity contribution is -0.137. The molecule has 1 aliphatic rings. The lowest BCUT2D eigenvalue weighted by Crippen LogP contribution is -1.93. The maximum Gasteiger partial charge on any atom is 0.303 e. The SMILES string of the molecule is O=C(O)CCCCCCCCCCCCCCCCc1ccc2c(c1)OCO2. The van der Waals surface area contributed by atoms with Crippen LogP contribution < -0.4 is 9.47 Å². The Morgan fingerprint density at radius 2 is 1.21 bits per heavy atom. The summed E-state index contributed by atoms with van der Waals surface area (Å²) in [6.07, 6.45) is 19.3. The van der Waals surface area contributed by atoms with Crippen LogP contribution in [0.3, 0.4) is 0 Å². The number of aliphatic carboxylic acids is 1. The number of benzene rings is 1. The Hall–Kier alpha value is -1.71. The van der Waals surface area contributed by atoms with E-state index in [2.05, 4.69) is 12.1 Å². The quantitative estimate of drug-likeness (QED) is 0.294. The van der Waals surface area contributed by atoms with E-state index >= 15 is 0 Å². The molecule has 0 saturated carbocycles. The Kier molecular flexibility index (Phi) is 11.5. The lowest BCUT2D eigenvalue weighted by atomic mass is 10.0. The maximum atomic E-state index is 10.4. The Morgan fingerprint density at radius 1 is 0.714 bits per heavy atom. The third-order valence-electron chi connectivity index (χ3n) is 5.54. The summed E-state index contributed by atoms with van der Waals surface area (Å²) in [6.45, 7) is 0.355. The molecule has 4 nitrogen and oxygen atoms in total. The number of carboxylic acid groups (broad SMARTS) is 1. The van der Waals surface area contributed by atoms with Gasteiger partial charge in [0.1, 0.15) is 0 Å². The van der Waals surface area contributed by atoms with Gasteiger partial charge in [0.15, 0.2) is 11.5 Å². The van der Waals surface area contributed by atoms with Crippen LogP contribution in [0.4, 0.5) is 0 Å². The number of carbonyl (C=O) groups is 1. The van der Waals surface area contributed by atoms with E-state index in [9.17, 15) is 4.79 Å². The zero-order valence-electron chi connectivity index (χ0n) is 17.4. The van der Waals surface area contributed by atoms with E-state index in [0.717, 1.165) is 30.8 Å². The van der Waals surface area contributed by atoms with Crippen LogP contribution in [0.15, 0.2) is 18.2 Å². The fourth-order valence-electron chi connectivity index (χ4n) is 3.82. The van der Waals surface area contributed by atoms with Crippen LogP contribution in [0.25, 0.3) is 0 Å². The van der Waals surface area contributed by atoms with E-state index in [1.165, 1.54) is 82.6 Å². The van der Waals surface area contributed by atoms with Gasteiger partial charge in [-0.3, -0.25) is 4.79 Å². The zero-order chi connectivity index (χ0) is 19.9. The van der Waals surface area contributed by atoms with Gasteiger partial charge in [0.05, 0.1) is 0 Å². The van der Waals surface area contributed by atoms with Gasteiger partial charge in [-0.25, -0.2) is 0 Å². The van der Waals surface area contributed by atoms with Gasteiger partial charge in [0, 0.05) is 6.42 Å². The molecule has 0 bridgehead atoms. The van der Waals surface area contributed by atoms with Crippen molar-refractivity contribution in [1.82, 2.24) is 0 Å². The first-order chi connectivity index (χ1) is 13.8. The monoisotopic (exact) mass is 390 g/mol. The fraction of sp³-hybridized carbons (Fsp3) is 0.708. The molecule has 2 rings (SSSR count). The van der Waals surface area contributed by atoms with Crippen molar-refractivity contribution in [2.24, 2.45) is 0 Å². The molecule has 1 N–H and O–H groups in total. The predicted molar refractivity (Wildman–Crippen MR) is 113 cm³/mol. The standard InChI is InChI=1S/C24H38O4/c25-24(26)16-14-12-10-8-6-4-2-1-3-5-7-9-11-13-15-21-17-18-22-23(19-21)28-20-27-22/h17-19H,1-16,20H2,(H,25,26). The molecule has 1 heterocycles. The highest BCUT2D eigenvalue weighted by Gasteiger charge is 2.12. The molecule has 4 heteroatoms. The Labute approximate surface area is 170 Å². The van der Waals surface area contributed by atoms with Crippen LogP contribution in [0.2, 0.25) is 0 Å². The van der Waals surface area contributed by atoms with Gasteiger partial charge in [-0.2, -0.15) is 0 Å². The summed E-state index contributed by atoms with van der Waals surface area (Å²) in [5, 5.41) is 8.58. The second kappa shape index (κ2) is 14.3. The summed E-state index contributed by atoms with van der Waals surface area (Å²) in [6, 6.07) is 6.30. The highest BCUT2D eigenvalue weighted by molar-refractivity contribution is 5.66. The maximum absolute atomic E-state index is 10.4. The van der Waals surface area contributed by atoms with Crippen LogP contribution in [0.1, 0.15) is 102 Å². The predicted octanol–water partition coefficient (Wildman–Crippen LogP) is 6.89. The Bertz CT molecular complexity index is 556. The number of hydrogen-bond acceptors (Lipinski definition) is 3. The molecule has 158 valence electrons. The third-order valence-corrected chi connectivity index (χ3v) is 5.54. The molecule has 0 aromatic heterocycles. The second-order valence-electron chi connectivity index (χ2n) is 8.03. The molecule has 0 saturated heterocycles. The smallest absolute Gasteiger partial charge is 0.303 e. The van der Waals surface area contributed by atoms with Crippen LogP contribution in [-0.2, 0) is 11.2 Å². The van der Waals surface area contributed by atoms with Crippen LogP contribution in [0, 0.1) is 0 Å². The van der Waals surface area contributed by atoms with Crippen LogP contribution in [0.5, 0.6) is 11.5 Å². The number of carboxylic acids is 1. The summed E-state index contributed by atoms with van der Waals surface area (Å²) in [4.78, 5) is 10.4. The molecule has 28 heavy (non-hydrogen) atoms. The van der Waals surface area contributed by atoms with Gasteiger partial charge in [0.2, 0.25) is 6.79 Å². The van der Waals surface area contributed by atoms with E-state index in [1.54, 1.807) is 0 Å². The average Bonchev–Trinajstić information content (AvgIpc) is 3.15. The van der Waals surface area contributed by atoms with Crippen molar-refractivity contribution < 1.29 is 19.4 Å². The summed E-state index contributed by atoms with van der Waals surface area (Å²) in [7, 11) is 0. The normalized spacial score (nSPS) is 12.4. The number of rotatable bonds is 17. The minimum Gasteiger partial charge on any atom is -0.481 e. The largest absolute Gasteiger partial charge is 0.481 e. The second-order valence-corrected chi connectivity index (χ2v) is 8.03. The molecular formula is C24H38O4. The molecule has 0 radical (unpaired) electrons. The number of unbranched alkanes of at least 4 members (excludes halogenated alkanes) is 13. The van der Waals surface area contributed by atoms with E-state index in [0.29, 0.717) is 13.2 Å². The molecule has 0 atom stereocenters. The molecular weight excluding hydrogens is 352 g/mol. The van der Waals surface area contributed by atoms with Crippen molar-refractivity contribution in [3.63, 3.8) is 0 Å². The molecule has 1 aliphatic heterocycles. The third kappa shape index (κ3) is 10.0. The molecule has 0 amide bonds. The van der Waals surface area contributed by atoms with Crippen molar-refractivity contribution in [2.45, 2.75) is 103 Å². The minimum atomic E-state index is -0.662. The first-order valence-corrected chi connectivity index (χ1v) is 11.4. The fourth-order valence-corrected chi connectivity index (χ4v) is 3.82. The van der Waals surface area contributed by atoms with Crippen molar-refractivity contribution in [3.05, 3.63) is 23.8 Å². The summed E-state index contributed by atoms with van der Waals surface area (Å²) >= 11 is 0. The zero-order valence-corrected chi connectivity index (χ0v) is 17.4. The molecule has 0 aliphatic carbocycles. The topological polar surface area (TPSA) is 55.8 Å². The highest BCUT2D eigenvalue weighted by atomic mass is 16.7. The number of fused-ring (bicyclic) bond motifs is 1. The number of aryl methyl sites for hydroxylation is 1. The lowest BCUT2D eigenvalue weighted by Gasteiger charge is -2.04. The molecule has 0 spiro atoms. The van der Waals surface area contributed by atoms with Gasteiger partial charge in [-0.05, 0) is 37.0 Å². The van der Waals surface area contributed by atoms with Crippen molar-refractivity contribution in [2.75, 3.05) is 6.79 Å². The Morgan fingerprint density at radius 3 is 1.79 bits per heavy atom. The van der Waals surface area contributed by atoms with E-state index < -0.39 is 5.97 Å². The highest BCUT2D eigenvalue weighted by Crippen LogP contribution is 2.32. The molecule has 1 aromatic carbocycles. The minimum absolute atomic E-state index is 0.332. The average molecular weight is 391 g/mol. The van der Waals surface area contributed by atoms with Crippen molar-refractivity contribution in [3.8, 4) is 11.5 Å². The van der Waals surface area contributed by atoms with Gasteiger partial charge in [-0.15, -0.1) is 0 Å². The van der Waals surface area contributed by atoms with Gasteiger partial charge >= 0.3 is 5.97 Å². The van der Waals surface area contributed by atoms with Crippen LogP contribution in [-0.4, -0.2) is 17.9 Å². The van der Waals surface area contributed by atoms with Crippen LogP contribution >= 0.6 is 0 Å². The molecule has 1 aromatic rings. The summed E-state index contributed by atoms with van der Waals surface area (Å²) < 4.78 is 10.8. The van der Waals surface area contributed by atoms with Crippen molar-refractivity contribution in [1.29, 1.82) is 0 Å². The van der Waals surface area contributed by atoms with E-state index in [1.807, 2.05) is 6.07 Å². The Balaban J connectivity index is 1.30. The first-order valence-electron chi connectivity index (χ1n) is 11.4. The van der Waals surface area contributed by atoms with Crippen molar-refractivity contribution >= 4 is 5.97 Å². The van der Waals surface area contributed by atoms with Gasteiger partial charge in [0.25, 0.3) is 0 Å². The summed E-state index contributed by atoms with van der Waals surface area (Å²) in [5.41, 5.74) is 1.35. The number of ether oxygens (including phenoxy) is 2. The van der Waals surface area contributed by atoms with E-state index in [-0.39, 0.29) is 0 Å². The first kappa shape index (κ1) is 22.6. The molecule has 0 unspecified atom stereocenters. The molecule has 0 fully saturated rings. The summed E-state index contributed by atoms with van der Waals surface area (Å²) in [5.74, 6) is 1.11.